The zero-order valence-electron chi connectivity index (χ0n) is 14.3. The van der Waals surface area contributed by atoms with E-state index in [4.69, 9.17) is 0 Å². The molecule has 1 fully saturated rings. The van der Waals surface area contributed by atoms with Gasteiger partial charge in [-0.1, -0.05) is 30.7 Å². The van der Waals surface area contributed by atoms with E-state index in [1.165, 1.54) is 4.90 Å². The van der Waals surface area contributed by atoms with E-state index in [0.717, 1.165) is 30.4 Å². The Labute approximate surface area is 147 Å². The third-order valence-corrected chi connectivity index (χ3v) is 5.12. The van der Waals surface area contributed by atoms with Gasteiger partial charge >= 0.3 is 5.97 Å². The number of carbonyl (C=O) groups is 3. The lowest BCUT2D eigenvalue weighted by molar-refractivity contribution is -0.151. The maximum absolute atomic E-state index is 12.7. The highest BCUT2D eigenvalue weighted by molar-refractivity contribution is 5.85. The van der Waals surface area contributed by atoms with Crippen LogP contribution in [0.15, 0.2) is 24.3 Å². The molecule has 2 aliphatic heterocycles. The van der Waals surface area contributed by atoms with Crippen molar-refractivity contribution in [2.75, 3.05) is 13.1 Å². The molecule has 0 saturated carbocycles. The van der Waals surface area contributed by atoms with Crippen molar-refractivity contribution in [3.8, 4) is 0 Å². The molecule has 3 rings (SSSR count). The Hall–Kier alpha value is -2.37. The molecule has 2 heterocycles. The van der Waals surface area contributed by atoms with Crippen LogP contribution in [-0.2, 0) is 27.3 Å². The molecule has 0 bridgehead atoms. The number of carboxylic acids is 1. The molecule has 1 saturated heterocycles. The molecule has 0 radical (unpaired) electrons. The molecule has 0 spiro atoms. The molecule has 1 atom stereocenters. The molecule has 0 aliphatic carbocycles. The fourth-order valence-corrected chi connectivity index (χ4v) is 3.65. The molecule has 6 heteroatoms. The minimum atomic E-state index is -0.978. The third-order valence-electron chi connectivity index (χ3n) is 5.12. The van der Waals surface area contributed by atoms with Gasteiger partial charge in [0, 0.05) is 38.9 Å². The molecule has 2 aliphatic rings. The van der Waals surface area contributed by atoms with Gasteiger partial charge in [0.2, 0.25) is 11.8 Å². The quantitative estimate of drug-likeness (QED) is 0.904. The summed E-state index contributed by atoms with van der Waals surface area (Å²) in [6.07, 6.45) is 3.98. The van der Waals surface area contributed by atoms with Crippen LogP contribution in [-0.4, -0.2) is 51.8 Å². The predicted molar refractivity (Wildman–Crippen MR) is 91.8 cm³/mol. The number of hydrogen-bond acceptors (Lipinski definition) is 3. The number of hydrogen-bond donors (Lipinski definition) is 1. The van der Waals surface area contributed by atoms with Gasteiger partial charge in [-0.2, -0.15) is 0 Å². The van der Waals surface area contributed by atoms with Crippen LogP contribution in [0.3, 0.4) is 0 Å². The summed E-state index contributed by atoms with van der Waals surface area (Å²) in [5, 5.41) is 9.52. The van der Waals surface area contributed by atoms with Crippen molar-refractivity contribution in [2.24, 2.45) is 0 Å². The van der Waals surface area contributed by atoms with E-state index in [9.17, 15) is 19.5 Å². The third kappa shape index (κ3) is 4.00. The van der Waals surface area contributed by atoms with Crippen molar-refractivity contribution >= 4 is 17.8 Å². The first-order valence-corrected chi connectivity index (χ1v) is 8.93. The van der Waals surface area contributed by atoms with E-state index in [0.29, 0.717) is 32.5 Å². The molecule has 1 aromatic rings. The second-order valence-corrected chi connectivity index (χ2v) is 6.79. The fourth-order valence-electron chi connectivity index (χ4n) is 3.65. The Morgan fingerprint density at radius 3 is 2.64 bits per heavy atom. The van der Waals surface area contributed by atoms with Gasteiger partial charge in [0.25, 0.3) is 0 Å². The number of carboxylic acid groups (broad SMARTS) is 1. The first kappa shape index (κ1) is 17.5. The monoisotopic (exact) mass is 344 g/mol. The van der Waals surface area contributed by atoms with Crippen LogP contribution in [0.1, 0.15) is 43.2 Å². The van der Waals surface area contributed by atoms with Crippen molar-refractivity contribution in [2.45, 2.75) is 51.1 Å². The highest BCUT2D eigenvalue weighted by atomic mass is 16.4. The standard InChI is InChI=1S/C19H24N2O4/c22-17-8-2-1-5-10-20(17)11-9-18(23)21-13-15-7-4-3-6-14(15)12-16(21)19(24)25/h3-4,6-7,16H,1-2,5,8-13H2,(H,24,25)/t16-/m1/s1. The SMILES string of the molecule is O=C(O)[C@H]1Cc2ccccc2CN1C(=O)CCN1CCCCCC1=O. The summed E-state index contributed by atoms with van der Waals surface area (Å²) < 4.78 is 0. The van der Waals surface area contributed by atoms with Crippen LogP contribution in [0.25, 0.3) is 0 Å². The fraction of sp³-hybridized carbons (Fsp3) is 0.526. The van der Waals surface area contributed by atoms with Crippen LogP contribution in [0.5, 0.6) is 0 Å². The zero-order valence-corrected chi connectivity index (χ0v) is 14.3. The van der Waals surface area contributed by atoms with Gasteiger partial charge in [-0.25, -0.2) is 4.79 Å². The number of carbonyl (C=O) groups excluding carboxylic acids is 2. The van der Waals surface area contributed by atoms with Crippen molar-refractivity contribution in [3.63, 3.8) is 0 Å². The maximum Gasteiger partial charge on any atom is 0.326 e. The Balaban J connectivity index is 1.67. The molecule has 1 aromatic carbocycles. The van der Waals surface area contributed by atoms with E-state index in [2.05, 4.69) is 0 Å². The number of benzene rings is 1. The van der Waals surface area contributed by atoms with Crippen LogP contribution in [0, 0.1) is 0 Å². The minimum Gasteiger partial charge on any atom is -0.480 e. The first-order valence-electron chi connectivity index (χ1n) is 8.93. The molecule has 25 heavy (non-hydrogen) atoms. The summed E-state index contributed by atoms with van der Waals surface area (Å²) in [4.78, 5) is 39.6. The molecule has 134 valence electrons. The second kappa shape index (κ2) is 7.68. The average Bonchev–Trinajstić information content (AvgIpc) is 2.82. The Bertz CT molecular complexity index is 673. The van der Waals surface area contributed by atoms with E-state index < -0.39 is 12.0 Å². The van der Waals surface area contributed by atoms with Gasteiger partial charge in [-0.15, -0.1) is 0 Å². The van der Waals surface area contributed by atoms with Gasteiger partial charge in [0.05, 0.1) is 0 Å². The Morgan fingerprint density at radius 1 is 1.12 bits per heavy atom. The van der Waals surface area contributed by atoms with Crippen molar-refractivity contribution in [1.82, 2.24) is 9.80 Å². The van der Waals surface area contributed by atoms with Gasteiger partial charge in [-0.05, 0) is 24.0 Å². The van der Waals surface area contributed by atoms with Gasteiger partial charge in [-0.3, -0.25) is 9.59 Å². The molecule has 6 nitrogen and oxygen atoms in total. The molecular weight excluding hydrogens is 320 g/mol. The lowest BCUT2D eigenvalue weighted by Gasteiger charge is -2.35. The van der Waals surface area contributed by atoms with E-state index in [1.807, 2.05) is 24.3 Å². The highest BCUT2D eigenvalue weighted by Crippen LogP contribution is 2.24. The average molecular weight is 344 g/mol. The number of likely N-dealkylation sites (tertiary alicyclic amines) is 1. The summed E-state index contributed by atoms with van der Waals surface area (Å²) in [5.41, 5.74) is 1.99. The van der Waals surface area contributed by atoms with Gasteiger partial charge in [0.1, 0.15) is 6.04 Å². The number of aliphatic carboxylic acids is 1. The second-order valence-electron chi connectivity index (χ2n) is 6.79. The zero-order chi connectivity index (χ0) is 17.8. The minimum absolute atomic E-state index is 0.101. The Kier molecular flexibility index (Phi) is 5.36. The van der Waals surface area contributed by atoms with Crippen LogP contribution in [0.4, 0.5) is 0 Å². The van der Waals surface area contributed by atoms with Crippen molar-refractivity contribution in [1.29, 1.82) is 0 Å². The summed E-state index contributed by atoms with van der Waals surface area (Å²) in [7, 11) is 0. The smallest absolute Gasteiger partial charge is 0.326 e. The number of nitrogens with zero attached hydrogens (tertiary/aromatic N) is 2. The van der Waals surface area contributed by atoms with Gasteiger partial charge < -0.3 is 14.9 Å². The summed E-state index contributed by atoms with van der Waals surface area (Å²) >= 11 is 0. The summed E-state index contributed by atoms with van der Waals surface area (Å²) in [6, 6.07) is 6.82. The molecule has 0 unspecified atom stereocenters. The van der Waals surface area contributed by atoms with Crippen molar-refractivity contribution < 1.29 is 19.5 Å². The highest BCUT2D eigenvalue weighted by Gasteiger charge is 2.34. The summed E-state index contributed by atoms with van der Waals surface area (Å²) in [6.45, 7) is 1.39. The normalized spacial score (nSPS) is 20.8. The predicted octanol–water partition coefficient (Wildman–Crippen LogP) is 1.82. The van der Waals surface area contributed by atoms with Crippen LogP contribution >= 0.6 is 0 Å². The molecule has 2 amide bonds. The Morgan fingerprint density at radius 2 is 1.88 bits per heavy atom. The first-order chi connectivity index (χ1) is 12.1. The number of fused-ring (bicyclic) bond motifs is 1. The molecule has 0 aromatic heterocycles. The van der Waals surface area contributed by atoms with E-state index >= 15 is 0 Å². The van der Waals surface area contributed by atoms with Crippen LogP contribution in [0.2, 0.25) is 0 Å². The lowest BCUT2D eigenvalue weighted by atomic mass is 9.93. The lowest BCUT2D eigenvalue weighted by Crippen LogP contribution is -2.49. The largest absolute Gasteiger partial charge is 0.480 e. The molecular formula is C19H24N2O4. The molecule has 1 N–H and O–H groups in total. The number of rotatable bonds is 4. The van der Waals surface area contributed by atoms with Gasteiger partial charge in [0.15, 0.2) is 0 Å². The van der Waals surface area contributed by atoms with Crippen molar-refractivity contribution in [3.05, 3.63) is 35.4 Å². The van der Waals surface area contributed by atoms with E-state index in [1.54, 1.807) is 4.90 Å². The topological polar surface area (TPSA) is 77.9 Å². The van der Waals surface area contributed by atoms with E-state index in [-0.39, 0.29) is 18.2 Å². The maximum atomic E-state index is 12.7. The van der Waals surface area contributed by atoms with Crippen LogP contribution < -0.4 is 0 Å². The summed E-state index contributed by atoms with van der Waals surface area (Å²) in [5.74, 6) is -1.07. The number of amides is 2.